The van der Waals surface area contributed by atoms with Crippen molar-refractivity contribution in [3.63, 3.8) is 0 Å². The number of amides is 2. The summed E-state index contributed by atoms with van der Waals surface area (Å²) in [6, 6.07) is 7.88. The lowest BCUT2D eigenvalue weighted by Gasteiger charge is -2.33. The molecule has 2 amide bonds. The maximum Gasteiger partial charge on any atom is 0.317 e. The number of carbonyl (C=O) groups is 1. The monoisotopic (exact) mass is 348 g/mol. The Morgan fingerprint density at radius 2 is 2.00 bits per heavy atom. The number of para-hydroxylation sites is 1. The van der Waals surface area contributed by atoms with Gasteiger partial charge in [-0.25, -0.2) is 4.79 Å². The van der Waals surface area contributed by atoms with Gasteiger partial charge in [-0.2, -0.15) is 0 Å². The van der Waals surface area contributed by atoms with Crippen molar-refractivity contribution >= 4 is 6.03 Å². The molecule has 0 aliphatic carbocycles. The fraction of sp³-hybridized carbons (Fsp3) is 0.650. The van der Waals surface area contributed by atoms with E-state index in [-0.39, 0.29) is 12.1 Å². The van der Waals surface area contributed by atoms with Gasteiger partial charge in [0.15, 0.2) is 0 Å². The molecule has 140 valence electrons. The number of likely N-dealkylation sites (tertiary alicyclic amines) is 1. The molecule has 5 nitrogen and oxygen atoms in total. The lowest BCUT2D eigenvalue weighted by atomic mass is 9.94. The van der Waals surface area contributed by atoms with E-state index >= 15 is 0 Å². The Balaban J connectivity index is 1.86. The summed E-state index contributed by atoms with van der Waals surface area (Å²) in [4.78, 5) is 14.5. The molecule has 1 heterocycles. The average molecular weight is 348 g/mol. The second-order valence-electron chi connectivity index (χ2n) is 6.77. The number of nitrogens with zero attached hydrogens (tertiary/aromatic N) is 1. The number of ether oxygens (including phenoxy) is 2. The summed E-state index contributed by atoms with van der Waals surface area (Å²) in [6.07, 6.45) is 4.17. The molecule has 25 heavy (non-hydrogen) atoms. The third-order valence-electron chi connectivity index (χ3n) is 4.82. The third kappa shape index (κ3) is 5.92. The number of benzene rings is 1. The van der Waals surface area contributed by atoms with E-state index in [1.807, 2.05) is 36.1 Å². The summed E-state index contributed by atoms with van der Waals surface area (Å²) in [5, 5.41) is 3.12. The second kappa shape index (κ2) is 10.3. The summed E-state index contributed by atoms with van der Waals surface area (Å²) in [5.74, 6) is 1.53. The normalized spacial score (nSPS) is 16.5. The van der Waals surface area contributed by atoms with Crippen molar-refractivity contribution in [3.05, 3.63) is 29.8 Å². The molecule has 0 bridgehead atoms. The van der Waals surface area contributed by atoms with Crippen LogP contribution in [0.25, 0.3) is 0 Å². The largest absolute Gasteiger partial charge is 0.493 e. The molecule has 0 spiro atoms. The van der Waals surface area contributed by atoms with Crippen LogP contribution in [0.1, 0.15) is 51.1 Å². The summed E-state index contributed by atoms with van der Waals surface area (Å²) in [6.45, 7) is 7.23. The van der Waals surface area contributed by atoms with Crippen LogP contribution in [0.15, 0.2) is 24.3 Å². The number of methoxy groups -OCH3 is 1. The first kappa shape index (κ1) is 19.6. The van der Waals surface area contributed by atoms with Gasteiger partial charge < -0.3 is 19.7 Å². The van der Waals surface area contributed by atoms with Gasteiger partial charge in [0, 0.05) is 32.4 Å². The van der Waals surface area contributed by atoms with E-state index in [0.717, 1.165) is 56.7 Å². The molecule has 0 aromatic heterocycles. The molecule has 0 saturated carbocycles. The van der Waals surface area contributed by atoms with Crippen LogP contribution in [0.2, 0.25) is 0 Å². The number of piperidine rings is 1. The quantitative estimate of drug-likeness (QED) is 0.773. The van der Waals surface area contributed by atoms with Crippen LogP contribution < -0.4 is 10.1 Å². The van der Waals surface area contributed by atoms with E-state index in [0.29, 0.717) is 12.5 Å². The van der Waals surface area contributed by atoms with Crippen LogP contribution >= 0.6 is 0 Å². The fourth-order valence-electron chi connectivity index (χ4n) is 3.25. The first-order chi connectivity index (χ1) is 12.2. The Labute approximate surface area is 151 Å². The standard InChI is InChI=1S/C20H32N2O3/c1-4-14-25-19-8-6-5-7-18(19)16(2)21-20(23)22-12-9-17(10-13-22)11-15-24-3/h5-8,16-17H,4,9-15H2,1-3H3,(H,21,23)/t16-/m1/s1. The number of urea groups is 1. The third-order valence-corrected chi connectivity index (χ3v) is 4.82. The molecule has 1 aliphatic heterocycles. The highest BCUT2D eigenvalue weighted by Crippen LogP contribution is 2.26. The molecule has 1 saturated heterocycles. The summed E-state index contributed by atoms with van der Waals surface area (Å²) in [7, 11) is 1.74. The highest BCUT2D eigenvalue weighted by Gasteiger charge is 2.24. The van der Waals surface area contributed by atoms with Gasteiger partial charge in [0.2, 0.25) is 0 Å². The van der Waals surface area contributed by atoms with Crippen molar-refractivity contribution in [2.24, 2.45) is 5.92 Å². The van der Waals surface area contributed by atoms with Gasteiger partial charge in [-0.1, -0.05) is 25.1 Å². The first-order valence-electron chi connectivity index (χ1n) is 9.41. The van der Waals surface area contributed by atoms with Crippen molar-refractivity contribution in [2.75, 3.05) is 33.4 Å². The first-order valence-corrected chi connectivity index (χ1v) is 9.41. The Morgan fingerprint density at radius 3 is 2.68 bits per heavy atom. The zero-order chi connectivity index (χ0) is 18.1. The van der Waals surface area contributed by atoms with Crippen LogP contribution in [0, 0.1) is 5.92 Å². The predicted octanol–water partition coefficient (Wildman–Crippen LogP) is 3.99. The van der Waals surface area contributed by atoms with Crippen molar-refractivity contribution < 1.29 is 14.3 Å². The van der Waals surface area contributed by atoms with E-state index in [2.05, 4.69) is 12.2 Å². The number of rotatable bonds is 8. The zero-order valence-corrected chi connectivity index (χ0v) is 15.8. The van der Waals surface area contributed by atoms with E-state index in [1.54, 1.807) is 7.11 Å². The highest BCUT2D eigenvalue weighted by atomic mass is 16.5. The number of hydrogen-bond acceptors (Lipinski definition) is 3. The molecule has 1 aliphatic rings. The van der Waals surface area contributed by atoms with Gasteiger partial charge in [-0.3, -0.25) is 0 Å². The van der Waals surface area contributed by atoms with Crippen molar-refractivity contribution in [2.45, 2.75) is 45.6 Å². The Bertz CT molecular complexity index is 527. The minimum atomic E-state index is -0.0771. The van der Waals surface area contributed by atoms with Crippen LogP contribution in [-0.4, -0.2) is 44.3 Å². The molecule has 1 aromatic rings. The van der Waals surface area contributed by atoms with Crippen molar-refractivity contribution in [1.82, 2.24) is 10.2 Å². The van der Waals surface area contributed by atoms with Gasteiger partial charge in [0.1, 0.15) is 5.75 Å². The summed E-state index contributed by atoms with van der Waals surface area (Å²) in [5.41, 5.74) is 1.03. The maximum atomic E-state index is 12.6. The minimum Gasteiger partial charge on any atom is -0.493 e. The van der Waals surface area contributed by atoms with Crippen LogP contribution in [0.3, 0.4) is 0 Å². The van der Waals surface area contributed by atoms with Crippen molar-refractivity contribution in [3.8, 4) is 5.75 Å². The molecule has 1 atom stereocenters. The van der Waals surface area contributed by atoms with Crippen molar-refractivity contribution in [1.29, 1.82) is 0 Å². The van der Waals surface area contributed by atoms with E-state index in [4.69, 9.17) is 9.47 Å². The summed E-state index contributed by atoms with van der Waals surface area (Å²) < 4.78 is 11.0. The number of carbonyl (C=O) groups excluding carboxylic acids is 1. The van der Waals surface area contributed by atoms with Gasteiger partial charge in [-0.05, 0) is 44.6 Å². The summed E-state index contributed by atoms with van der Waals surface area (Å²) >= 11 is 0. The average Bonchev–Trinajstić information content (AvgIpc) is 2.65. The molecule has 0 unspecified atom stereocenters. The Kier molecular flexibility index (Phi) is 8.06. The van der Waals surface area contributed by atoms with Crippen LogP contribution in [-0.2, 0) is 4.74 Å². The van der Waals surface area contributed by atoms with E-state index in [1.165, 1.54) is 0 Å². The second-order valence-corrected chi connectivity index (χ2v) is 6.77. The van der Waals surface area contributed by atoms with Gasteiger partial charge in [-0.15, -0.1) is 0 Å². The molecule has 1 N–H and O–H groups in total. The SMILES string of the molecule is CCCOc1ccccc1[C@@H](C)NC(=O)N1CCC(CCOC)CC1. The Hall–Kier alpha value is -1.75. The van der Waals surface area contributed by atoms with E-state index < -0.39 is 0 Å². The number of nitrogens with one attached hydrogen (secondary N) is 1. The maximum absolute atomic E-state index is 12.6. The molecule has 5 heteroatoms. The Morgan fingerprint density at radius 1 is 1.28 bits per heavy atom. The predicted molar refractivity (Wildman–Crippen MR) is 100.0 cm³/mol. The van der Waals surface area contributed by atoms with Crippen LogP contribution in [0.4, 0.5) is 4.79 Å². The van der Waals surface area contributed by atoms with Gasteiger partial charge >= 0.3 is 6.03 Å². The number of hydrogen-bond donors (Lipinski definition) is 1. The topological polar surface area (TPSA) is 50.8 Å². The minimum absolute atomic E-state index is 0.0167. The molecule has 2 rings (SSSR count). The van der Waals surface area contributed by atoms with Crippen LogP contribution in [0.5, 0.6) is 5.75 Å². The lowest BCUT2D eigenvalue weighted by Crippen LogP contribution is -2.45. The smallest absolute Gasteiger partial charge is 0.317 e. The lowest BCUT2D eigenvalue weighted by molar-refractivity contribution is 0.138. The molecule has 1 aromatic carbocycles. The fourth-order valence-corrected chi connectivity index (χ4v) is 3.25. The zero-order valence-electron chi connectivity index (χ0n) is 15.8. The molecular weight excluding hydrogens is 316 g/mol. The molecular formula is C20H32N2O3. The van der Waals surface area contributed by atoms with Gasteiger partial charge in [0.25, 0.3) is 0 Å². The molecule has 1 fully saturated rings. The van der Waals surface area contributed by atoms with E-state index in [9.17, 15) is 4.79 Å². The highest BCUT2D eigenvalue weighted by molar-refractivity contribution is 5.75. The van der Waals surface area contributed by atoms with Gasteiger partial charge in [0.05, 0.1) is 12.6 Å². The molecule has 0 radical (unpaired) electrons.